The van der Waals surface area contributed by atoms with Crippen molar-refractivity contribution in [1.29, 1.82) is 0 Å². The average molecular weight is 347 g/mol. The summed E-state index contributed by atoms with van der Waals surface area (Å²) in [5, 5.41) is 9.95. The van der Waals surface area contributed by atoms with Crippen molar-refractivity contribution in [2.75, 3.05) is 13.7 Å². The molecular formula is C19H19F2NO3. The predicted molar refractivity (Wildman–Crippen MR) is 88.1 cm³/mol. The van der Waals surface area contributed by atoms with Crippen molar-refractivity contribution >= 4 is 5.91 Å². The van der Waals surface area contributed by atoms with Crippen LogP contribution in [0.25, 0.3) is 0 Å². The van der Waals surface area contributed by atoms with E-state index < -0.39 is 23.8 Å². The van der Waals surface area contributed by atoms with Crippen LogP contribution in [0.5, 0.6) is 5.75 Å². The number of methoxy groups -OCH3 is 1. The molecule has 4 nitrogen and oxygen atoms in total. The largest absolute Gasteiger partial charge is 0.497 e. The minimum Gasteiger partial charge on any atom is -0.497 e. The van der Waals surface area contributed by atoms with Crippen LogP contribution in [0.1, 0.15) is 23.6 Å². The SMILES string of the molecule is COc1ccc(CC(=O)N2CC(O)CC2c2cc(F)ccc2F)cc1. The van der Waals surface area contributed by atoms with Crippen molar-refractivity contribution in [3.63, 3.8) is 0 Å². The Labute approximate surface area is 144 Å². The molecule has 2 unspecified atom stereocenters. The first kappa shape index (κ1) is 17.4. The number of carbonyl (C=O) groups excluding carboxylic acids is 1. The van der Waals surface area contributed by atoms with E-state index in [4.69, 9.17) is 4.74 Å². The molecule has 0 spiro atoms. The standard InChI is InChI=1S/C19H19F2NO3/c1-25-15-5-2-12(3-6-15)8-19(24)22-11-14(23)10-18(22)16-9-13(20)4-7-17(16)21/h2-7,9,14,18,23H,8,10-11H2,1H3. The Bertz CT molecular complexity index is 764. The summed E-state index contributed by atoms with van der Waals surface area (Å²) in [6.45, 7) is 0.107. The van der Waals surface area contributed by atoms with Gasteiger partial charge >= 0.3 is 0 Å². The molecule has 0 saturated carbocycles. The van der Waals surface area contributed by atoms with Crippen molar-refractivity contribution < 1.29 is 23.4 Å². The summed E-state index contributed by atoms with van der Waals surface area (Å²) < 4.78 is 32.7. The molecule has 2 aromatic rings. The van der Waals surface area contributed by atoms with Gasteiger partial charge < -0.3 is 14.7 Å². The number of likely N-dealkylation sites (tertiary alicyclic amines) is 1. The Balaban J connectivity index is 1.80. The molecule has 1 saturated heterocycles. The summed E-state index contributed by atoms with van der Waals surface area (Å²) in [5.74, 6) is -0.703. The number of hydrogen-bond donors (Lipinski definition) is 1. The highest BCUT2D eigenvalue weighted by atomic mass is 19.1. The molecule has 1 fully saturated rings. The number of amides is 1. The molecule has 25 heavy (non-hydrogen) atoms. The molecule has 0 aliphatic carbocycles. The normalized spacial score (nSPS) is 19.9. The molecule has 1 heterocycles. The van der Waals surface area contributed by atoms with E-state index in [2.05, 4.69) is 0 Å². The zero-order valence-electron chi connectivity index (χ0n) is 13.8. The molecule has 1 aliphatic heterocycles. The smallest absolute Gasteiger partial charge is 0.227 e. The summed E-state index contributed by atoms with van der Waals surface area (Å²) >= 11 is 0. The first-order valence-corrected chi connectivity index (χ1v) is 8.03. The van der Waals surface area contributed by atoms with E-state index in [0.717, 1.165) is 23.8 Å². The zero-order chi connectivity index (χ0) is 18.0. The number of nitrogens with zero attached hydrogens (tertiary/aromatic N) is 1. The number of rotatable bonds is 4. The van der Waals surface area contributed by atoms with Crippen LogP contribution in [0, 0.1) is 11.6 Å². The van der Waals surface area contributed by atoms with Crippen LogP contribution < -0.4 is 4.74 Å². The summed E-state index contributed by atoms with van der Waals surface area (Å²) in [6, 6.07) is 9.57. The third kappa shape index (κ3) is 3.79. The van der Waals surface area contributed by atoms with E-state index in [-0.39, 0.29) is 30.9 Å². The molecule has 2 atom stereocenters. The minimum absolute atomic E-state index is 0.0969. The molecule has 2 aromatic carbocycles. The Kier molecular flexibility index (Phi) is 4.99. The maximum Gasteiger partial charge on any atom is 0.227 e. The van der Waals surface area contributed by atoms with Gasteiger partial charge in [0.2, 0.25) is 5.91 Å². The maximum absolute atomic E-state index is 14.1. The maximum atomic E-state index is 14.1. The molecule has 1 amide bonds. The molecule has 6 heteroatoms. The van der Waals surface area contributed by atoms with Crippen molar-refractivity contribution in [2.24, 2.45) is 0 Å². The van der Waals surface area contributed by atoms with Gasteiger partial charge in [0.05, 0.1) is 25.7 Å². The summed E-state index contributed by atoms with van der Waals surface area (Å²) in [7, 11) is 1.56. The van der Waals surface area contributed by atoms with Crippen molar-refractivity contribution in [1.82, 2.24) is 4.90 Å². The zero-order valence-corrected chi connectivity index (χ0v) is 13.8. The lowest BCUT2D eigenvalue weighted by Crippen LogP contribution is -2.33. The fourth-order valence-corrected chi connectivity index (χ4v) is 3.17. The second-order valence-corrected chi connectivity index (χ2v) is 6.14. The lowest BCUT2D eigenvalue weighted by Gasteiger charge is -2.25. The molecule has 3 rings (SSSR count). The van der Waals surface area contributed by atoms with Gasteiger partial charge in [-0.05, 0) is 42.3 Å². The number of carbonyl (C=O) groups is 1. The fraction of sp³-hybridized carbons (Fsp3) is 0.316. The van der Waals surface area contributed by atoms with Crippen LogP contribution in [-0.4, -0.2) is 35.7 Å². The molecule has 0 bridgehead atoms. The van der Waals surface area contributed by atoms with Gasteiger partial charge in [0.25, 0.3) is 0 Å². The number of halogens is 2. The summed E-state index contributed by atoms with van der Waals surface area (Å²) in [5.41, 5.74) is 0.880. The highest BCUT2D eigenvalue weighted by Crippen LogP contribution is 2.34. The van der Waals surface area contributed by atoms with Gasteiger partial charge in [0.1, 0.15) is 17.4 Å². The topological polar surface area (TPSA) is 49.8 Å². The van der Waals surface area contributed by atoms with Crippen LogP contribution >= 0.6 is 0 Å². The quantitative estimate of drug-likeness (QED) is 0.925. The van der Waals surface area contributed by atoms with Gasteiger partial charge in [-0.25, -0.2) is 8.78 Å². The first-order chi connectivity index (χ1) is 12.0. The Morgan fingerprint density at radius 3 is 2.64 bits per heavy atom. The average Bonchev–Trinajstić information content (AvgIpc) is 2.99. The van der Waals surface area contributed by atoms with Crippen LogP contribution in [0.15, 0.2) is 42.5 Å². The van der Waals surface area contributed by atoms with Gasteiger partial charge in [-0.3, -0.25) is 4.79 Å². The highest BCUT2D eigenvalue weighted by Gasteiger charge is 2.36. The van der Waals surface area contributed by atoms with E-state index >= 15 is 0 Å². The second kappa shape index (κ2) is 7.19. The van der Waals surface area contributed by atoms with Crippen molar-refractivity contribution in [2.45, 2.75) is 25.0 Å². The van der Waals surface area contributed by atoms with Gasteiger partial charge in [-0.15, -0.1) is 0 Å². The van der Waals surface area contributed by atoms with Crippen LogP contribution in [-0.2, 0) is 11.2 Å². The van der Waals surface area contributed by atoms with Gasteiger partial charge in [0.15, 0.2) is 0 Å². The molecule has 132 valence electrons. The lowest BCUT2D eigenvalue weighted by molar-refractivity contribution is -0.131. The Morgan fingerprint density at radius 2 is 1.96 bits per heavy atom. The first-order valence-electron chi connectivity index (χ1n) is 8.03. The van der Waals surface area contributed by atoms with E-state index in [0.29, 0.717) is 5.75 Å². The molecule has 0 aromatic heterocycles. The second-order valence-electron chi connectivity index (χ2n) is 6.14. The third-order valence-corrected chi connectivity index (χ3v) is 4.43. The van der Waals surface area contributed by atoms with E-state index in [1.54, 1.807) is 31.4 Å². The van der Waals surface area contributed by atoms with Crippen LogP contribution in [0.3, 0.4) is 0 Å². The number of hydrogen-bond acceptors (Lipinski definition) is 3. The highest BCUT2D eigenvalue weighted by molar-refractivity contribution is 5.79. The van der Waals surface area contributed by atoms with Gasteiger partial charge in [0, 0.05) is 12.1 Å². The number of aliphatic hydroxyl groups excluding tert-OH is 1. The van der Waals surface area contributed by atoms with Crippen molar-refractivity contribution in [3.05, 3.63) is 65.2 Å². The summed E-state index contributed by atoms with van der Waals surface area (Å²) in [4.78, 5) is 14.1. The lowest BCUT2D eigenvalue weighted by atomic mass is 10.0. The third-order valence-electron chi connectivity index (χ3n) is 4.43. The minimum atomic E-state index is -0.757. The Hall–Kier alpha value is -2.47. The fourth-order valence-electron chi connectivity index (χ4n) is 3.17. The molecule has 0 radical (unpaired) electrons. The van der Waals surface area contributed by atoms with Crippen LogP contribution in [0.2, 0.25) is 0 Å². The van der Waals surface area contributed by atoms with E-state index in [1.807, 2.05) is 0 Å². The summed E-state index contributed by atoms with van der Waals surface area (Å²) in [6.07, 6.45) is -0.453. The number of ether oxygens (including phenoxy) is 1. The predicted octanol–water partition coefficient (Wildman–Crippen LogP) is 2.85. The van der Waals surface area contributed by atoms with Crippen LogP contribution in [0.4, 0.5) is 8.78 Å². The number of benzene rings is 2. The Morgan fingerprint density at radius 1 is 1.24 bits per heavy atom. The monoisotopic (exact) mass is 347 g/mol. The molecular weight excluding hydrogens is 328 g/mol. The number of aliphatic hydroxyl groups is 1. The van der Waals surface area contributed by atoms with E-state index in [1.165, 1.54) is 4.90 Å². The van der Waals surface area contributed by atoms with Gasteiger partial charge in [-0.1, -0.05) is 12.1 Å². The molecule has 1 N–H and O–H groups in total. The molecule has 1 aliphatic rings. The number of β-amino-alcohol motifs (C(OH)–C–C–N with tert-alkyl or cyclic N) is 1. The van der Waals surface area contributed by atoms with E-state index in [9.17, 15) is 18.7 Å². The van der Waals surface area contributed by atoms with Gasteiger partial charge in [-0.2, -0.15) is 0 Å². The van der Waals surface area contributed by atoms with Crippen molar-refractivity contribution in [3.8, 4) is 5.75 Å².